The molecule has 1 aromatic carbocycles. The predicted octanol–water partition coefficient (Wildman–Crippen LogP) is 6.62. The predicted molar refractivity (Wildman–Crippen MR) is 152 cm³/mol. The summed E-state index contributed by atoms with van der Waals surface area (Å²) in [6, 6.07) is 7.61. The van der Waals surface area contributed by atoms with Crippen LogP contribution in [-0.4, -0.2) is 53.6 Å². The van der Waals surface area contributed by atoms with Crippen LogP contribution in [0.1, 0.15) is 91.8 Å². The second kappa shape index (κ2) is 11.8. The Morgan fingerprint density at radius 3 is 2.51 bits per heavy atom. The Kier molecular flexibility index (Phi) is 8.28. The molecule has 0 N–H and O–H groups in total. The van der Waals surface area contributed by atoms with Crippen LogP contribution >= 0.6 is 11.3 Å². The lowest BCUT2D eigenvalue weighted by Gasteiger charge is -2.36. The fourth-order valence-electron chi connectivity index (χ4n) is 5.29. The van der Waals surface area contributed by atoms with E-state index >= 15 is 0 Å². The number of carbonyl (C=O) groups excluding carboxylic acids is 1. The van der Waals surface area contributed by atoms with Gasteiger partial charge in [0.15, 0.2) is 0 Å². The summed E-state index contributed by atoms with van der Waals surface area (Å²) >= 11 is 1.89. The molecule has 1 aliphatic heterocycles. The summed E-state index contributed by atoms with van der Waals surface area (Å²) in [5, 5.41) is 1.28. The Labute approximate surface area is 225 Å². The third-order valence-electron chi connectivity index (χ3n) is 7.85. The van der Waals surface area contributed by atoms with Gasteiger partial charge in [-0.25, -0.2) is 9.97 Å². The number of thiophene rings is 1. The number of hydrogen-bond acceptors (Lipinski definition) is 6. The normalized spacial score (nSPS) is 16.9. The molecule has 1 saturated heterocycles. The van der Waals surface area contributed by atoms with Gasteiger partial charge in [0, 0.05) is 42.5 Å². The van der Waals surface area contributed by atoms with Crippen molar-refractivity contribution in [3.05, 3.63) is 46.1 Å². The molecular formula is C30H40N4O2S. The molecule has 1 unspecified atom stereocenters. The van der Waals surface area contributed by atoms with Gasteiger partial charge in [0.25, 0.3) is 5.91 Å². The van der Waals surface area contributed by atoms with E-state index in [1.54, 1.807) is 0 Å². The SMILES string of the molecule is CCCCOc1ccc(C(=O)N2CCN(c3nc(C(C)CC)nc4sc5c(c34)CCCCC5)CC2)cc1. The summed E-state index contributed by atoms with van der Waals surface area (Å²) < 4.78 is 5.76. The average molecular weight is 521 g/mol. The number of hydrogen-bond donors (Lipinski definition) is 0. The highest BCUT2D eigenvalue weighted by Crippen LogP contribution is 2.40. The molecule has 0 bridgehead atoms. The van der Waals surface area contributed by atoms with Gasteiger partial charge in [0.2, 0.25) is 0 Å². The standard InChI is InChI=1S/C30H40N4O2S/c1-4-6-20-36-23-14-12-22(13-15-23)30(35)34-18-16-33(17-19-34)28-26-24-10-8-7-9-11-25(24)37-29(26)32-27(31-28)21(3)5-2/h12-15,21H,4-11,16-20H2,1-3H3. The highest BCUT2D eigenvalue weighted by atomic mass is 32.1. The highest BCUT2D eigenvalue weighted by Gasteiger charge is 2.28. The fraction of sp³-hybridized carbons (Fsp3) is 0.567. The van der Waals surface area contributed by atoms with Gasteiger partial charge in [-0.2, -0.15) is 0 Å². The number of amides is 1. The first-order valence-corrected chi connectivity index (χ1v) is 15.0. The van der Waals surface area contributed by atoms with E-state index in [0.29, 0.717) is 25.6 Å². The Morgan fingerprint density at radius 1 is 1.03 bits per heavy atom. The molecule has 7 heteroatoms. The summed E-state index contributed by atoms with van der Waals surface area (Å²) in [7, 11) is 0. The Balaban J connectivity index is 1.34. The van der Waals surface area contributed by atoms with Crippen molar-refractivity contribution in [2.45, 2.75) is 78.1 Å². The molecule has 0 radical (unpaired) electrons. The van der Waals surface area contributed by atoms with Gasteiger partial charge in [-0.1, -0.05) is 33.6 Å². The van der Waals surface area contributed by atoms with E-state index in [4.69, 9.17) is 14.7 Å². The summed E-state index contributed by atoms with van der Waals surface area (Å²) in [4.78, 5) is 30.5. The van der Waals surface area contributed by atoms with Gasteiger partial charge >= 0.3 is 0 Å². The number of aryl methyl sites for hydroxylation is 2. The third-order valence-corrected chi connectivity index (χ3v) is 9.04. The van der Waals surface area contributed by atoms with Crippen molar-refractivity contribution in [1.29, 1.82) is 0 Å². The van der Waals surface area contributed by atoms with Crippen molar-refractivity contribution in [3.63, 3.8) is 0 Å². The van der Waals surface area contributed by atoms with E-state index in [1.165, 1.54) is 41.5 Å². The van der Waals surface area contributed by atoms with Crippen molar-refractivity contribution >= 4 is 33.3 Å². The first kappa shape index (κ1) is 26.0. The number of piperazine rings is 1. The quantitative estimate of drug-likeness (QED) is 0.247. The summed E-state index contributed by atoms with van der Waals surface area (Å²) in [6.07, 6.45) is 9.29. The van der Waals surface area contributed by atoms with Crippen LogP contribution < -0.4 is 9.64 Å². The molecule has 1 amide bonds. The number of carbonyl (C=O) groups is 1. The van der Waals surface area contributed by atoms with Crippen LogP contribution in [0.5, 0.6) is 5.75 Å². The minimum Gasteiger partial charge on any atom is -0.494 e. The van der Waals surface area contributed by atoms with Crippen LogP contribution in [0.2, 0.25) is 0 Å². The van der Waals surface area contributed by atoms with Crippen molar-refractivity contribution < 1.29 is 9.53 Å². The molecule has 3 aromatic rings. The van der Waals surface area contributed by atoms with Crippen LogP contribution in [0, 0.1) is 0 Å². The number of rotatable bonds is 8. The van der Waals surface area contributed by atoms with E-state index in [1.807, 2.05) is 40.5 Å². The van der Waals surface area contributed by atoms with Crippen LogP contribution in [0.15, 0.2) is 24.3 Å². The van der Waals surface area contributed by atoms with Crippen molar-refractivity contribution in [2.24, 2.45) is 0 Å². The summed E-state index contributed by atoms with van der Waals surface area (Å²) in [5.74, 6) is 3.32. The summed E-state index contributed by atoms with van der Waals surface area (Å²) in [6.45, 7) is 10.3. The van der Waals surface area contributed by atoms with E-state index in [0.717, 1.165) is 66.6 Å². The number of nitrogens with zero attached hydrogens (tertiary/aromatic N) is 4. The number of benzene rings is 1. The smallest absolute Gasteiger partial charge is 0.253 e. The number of fused-ring (bicyclic) bond motifs is 3. The van der Waals surface area contributed by atoms with E-state index in [-0.39, 0.29) is 5.91 Å². The number of aromatic nitrogens is 2. The van der Waals surface area contributed by atoms with Crippen molar-refractivity contribution in [3.8, 4) is 5.75 Å². The van der Waals surface area contributed by atoms with Crippen LogP contribution in [0.25, 0.3) is 10.2 Å². The molecular weight excluding hydrogens is 480 g/mol. The minimum absolute atomic E-state index is 0.0947. The maximum atomic E-state index is 13.2. The van der Waals surface area contributed by atoms with Gasteiger partial charge in [-0.05, 0) is 68.4 Å². The molecule has 5 rings (SSSR count). The zero-order chi connectivity index (χ0) is 25.8. The molecule has 2 aromatic heterocycles. The zero-order valence-electron chi connectivity index (χ0n) is 22.6. The minimum atomic E-state index is 0.0947. The third kappa shape index (κ3) is 5.62. The second-order valence-corrected chi connectivity index (χ2v) is 11.5. The molecule has 198 valence electrons. The highest BCUT2D eigenvalue weighted by molar-refractivity contribution is 7.19. The van der Waals surface area contributed by atoms with Crippen LogP contribution in [-0.2, 0) is 12.8 Å². The van der Waals surface area contributed by atoms with Crippen molar-refractivity contribution in [1.82, 2.24) is 14.9 Å². The molecule has 37 heavy (non-hydrogen) atoms. The molecule has 0 saturated carbocycles. The number of ether oxygens (including phenoxy) is 1. The topological polar surface area (TPSA) is 58.6 Å². The lowest BCUT2D eigenvalue weighted by atomic mass is 10.1. The van der Waals surface area contributed by atoms with Gasteiger partial charge in [-0.15, -0.1) is 11.3 Å². The lowest BCUT2D eigenvalue weighted by molar-refractivity contribution is 0.0746. The largest absolute Gasteiger partial charge is 0.494 e. The van der Waals surface area contributed by atoms with E-state index in [9.17, 15) is 4.79 Å². The molecule has 6 nitrogen and oxygen atoms in total. The van der Waals surface area contributed by atoms with Gasteiger partial charge in [-0.3, -0.25) is 4.79 Å². The molecule has 1 aliphatic carbocycles. The average Bonchev–Trinajstić information content (AvgIpc) is 3.13. The Hall–Kier alpha value is -2.67. The lowest BCUT2D eigenvalue weighted by Crippen LogP contribution is -2.49. The fourth-order valence-corrected chi connectivity index (χ4v) is 6.56. The van der Waals surface area contributed by atoms with Gasteiger partial charge in [0.1, 0.15) is 22.2 Å². The van der Waals surface area contributed by atoms with Crippen molar-refractivity contribution in [2.75, 3.05) is 37.7 Å². The zero-order valence-corrected chi connectivity index (χ0v) is 23.4. The molecule has 3 heterocycles. The first-order valence-electron chi connectivity index (χ1n) is 14.2. The monoisotopic (exact) mass is 520 g/mol. The number of anilines is 1. The molecule has 1 atom stereocenters. The van der Waals surface area contributed by atoms with E-state index in [2.05, 4.69) is 25.7 Å². The number of unbranched alkanes of at least 4 members (excludes halogenated alkanes) is 1. The second-order valence-electron chi connectivity index (χ2n) is 10.5. The van der Waals surface area contributed by atoms with E-state index < -0.39 is 0 Å². The van der Waals surface area contributed by atoms with Gasteiger partial charge < -0.3 is 14.5 Å². The molecule has 0 spiro atoms. The van der Waals surface area contributed by atoms with Crippen LogP contribution in [0.4, 0.5) is 5.82 Å². The van der Waals surface area contributed by atoms with Gasteiger partial charge in [0.05, 0.1) is 12.0 Å². The first-order chi connectivity index (χ1) is 18.1. The van der Waals surface area contributed by atoms with Crippen LogP contribution in [0.3, 0.4) is 0 Å². The Morgan fingerprint density at radius 2 is 1.78 bits per heavy atom. The maximum Gasteiger partial charge on any atom is 0.253 e. The molecule has 1 fully saturated rings. The summed E-state index contributed by atoms with van der Waals surface area (Å²) in [5.41, 5.74) is 2.21. The maximum absolute atomic E-state index is 13.2. The molecule has 2 aliphatic rings. The Bertz CT molecular complexity index is 1210.